The van der Waals surface area contributed by atoms with E-state index < -0.39 is 40.2 Å². The minimum Gasteiger partial charge on any atom is -0.357 e. The molecular weight excluding hydrogens is 540 g/mol. The largest absolute Gasteiger partial charge is 0.357 e. The number of nitrogens with zero attached hydrogens (tertiary/aromatic N) is 2. The molecule has 0 spiro atoms. The zero-order chi connectivity index (χ0) is 27.2. The van der Waals surface area contributed by atoms with Crippen molar-refractivity contribution in [3.8, 4) is 0 Å². The van der Waals surface area contributed by atoms with E-state index in [0.29, 0.717) is 10.6 Å². The molecule has 0 saturated heterocycles. The Hall–Kier alpha value is -3.14. The molecule has 3 rings (SSSR count). The fourth-order valence-corrected chi connectivity index (χ4v) is 5.48. The standard InChI is InChI=1S/C26H26Cl2FN3O4S/c1-3-24(26(34)30-2)31(16-18-7-11-21(29)12-8-18)25(33)17-32(22-6-4-5-20(28)15-22)37(35,36)23-13-9-19(27)10-14-23/h4-15,24H,3,16-17H2,1-2H3,(H,30,34)/t24-/m1/s1. The van der Waals surface area contributed by atoms with Crippen molar-refractivity contribution >= 4 is 50.7 Å². The molecule has 11 heteroatoms. The minimum absolute atomic E-state index is 0.0323. The molecule has 0 aliphatic rings. The third kappa shape index (κ3) is 7.00. The molecule has 0 radical (unpaired) electrons. The zero-order valence-corrected chi connectivity index (χ0v) is 22.5. The lowest BCUT2D eigenvalue weighted by molar-refractivity contribution is -0.140. The van der Waals surface area contributed by atoms with Crippen molar-refractivity contribution in [2.24, 2.45) is 0 Å². The van der Waals surface area contributed by atoms with Crippen LogP contribution in [0.15, 0.2) is 77.7 Å². The second kappa shape index (κ2) is 12.4. The molecule has 196 valence electrons. The van der Waals surface area contributed by atoms with Crippen molar-refractivity contribution in [3.05, 3.63) is 94.2 Å². The molecule has 0 heterocycles. The highest BCUT2D eigenvalue weighted by Crippen LogP contribution is 2.27. The Morgan fingerprint density at radius 2 is 1.62 bits per heavy atom. The number of hydrogen-bond donors (Lipinski definition) is 1. The van der Waals surface area contributed by atoms with Crippen LogP contribution < -0.4 is 9.62 Å². The molecule has 2 amide bonds. The Kier molecular flexibility index (Phi) is 9.53. The number of likely N-dealkylation sites (N-methyl/N-ethyl adjacent to an activating group) is 1. The van der Waals surface area contributed by atoms with Crippen LogP contribution in [-0.2, 0) is 26.2 Å². The van der Waals surface area contributed by atoms with Crippen molar-refractivity contribution in [3.63, 3.8) is 0 Å². The monoisotopic (exact) mass is 565 g/mol. The van der Waals surface area contributed by atoms with Crippen molar-refractivity contribution in [2.75, 3.05) is 17.9 Å². The highest BCUT2D eigenvalue weighted by molar-refractivity contribution is 7.92. The summed E-state index contributed by atoms with van der Waals surface area (Å²) in [5, 5.41) is 3.18. The van der Waals surface area contributed by atoms with Gasteiger partial charge in [-0.2, -0.15) is 0 Å². The predicted octanol–water partition coefficient (Wildman–Crippen LogP) is 4.88. The van der Waals surface area contributed by atoms with Gasteiger partial charge in [-0.15, -0.1) is 0 Å². The van der Waals surface area contributed by atoms with Gasteiger partial charge >= 0.3 is 0 Å². The van der Waals surface area contributed by atoms with E-state index in [1.807, 2.05) is 0 Å². The Balaban J connectivity index is 2.05. The van der Waals surface area contributed by atoms with E-state index >= 15 is 0 Å². The van der Waals surface area contributed by atoms with Gasteiger partial charge in [0, 0.05) is 23.6 Å². The molecule has 0 fully saturated rings. The third-order valence-corrected chi connectivity index (χ3v) is 7.95. The lowest BCUT2D eigenvalue weighted by Crippen LogP contribution is -2.51. The van der Waals surface area contributed by atoms with E-state index in [1.54, 1.807) is 19.1 Å². The Bertz CT molecular complexity index is 1350. The summed E-state index contributed by atoms with van der Waals surface area (Å²) in [5.74, 6) is -1.48. The number of rotatable bonds is 10. The summed E-state index contributed by atoms with van der Waals surface area (Å²) in [6.45, 7) is 1.10. The van der Waals surface area contributed by atoms with Crippen molar-refractivity contribution in [2.45, 2.75) is 30.8 Å². The fraction of sp³-hybridized carbons (Fsp3) is 0.231. The fourth-order valence-electron chi connectivity index (χ4n) is 3.77. The van der Waals surface area contributed by atoms with E-state index in [4.69, 9.17) is 23.2 Å². The highest BCUT2D eigenvalue weighted by atomic mass is 35.5. The van der Waals surface area contributed by atoms with Crippen LogP contribution in [0.2, 0.25) is 10.0 Å². The summed E-state index contributed by atoms with van der Waals surface area (Å²) >= 11 is 12.1. The van der Waals surface area contributed by atoms with E-state index in [1.165, 1.54) is 72.6 Å². The van der Waals surface area contributed by atoms with Gasteiger partial charge in [0.2, 0.25) is 11.8 Å². The summed E-state index contributed by atoms with van der Waals surface area (Å²) in [7, 11) is -2.78. The van der Waals surface area contributed by atoms with Gasteiger partial charge in [-0.05, 0) is 66.6 Å². The van der Waals surface area contributed by atoms with Crippen LogP contribution in [-0.4, -0.2) is 44.8 Å². The van der Waals surface area contributed by atoms with Gasteiger partial charge in [0.05, 0.1) is 10.6 Å². The van der Waals surface area contributed by atoms with Gasteiger partial charge < -0.3 is 10.2 Å². The number of benzene rings is 3. The van der Waals surface area contributed by atoms with Crippen LogP contribution in [0.25, 0.3) is 0 Å². The van der Waals surface area contributed by atoms with E-state index in [9.17, 15) is 22.4 Å². The van der Waals surface area contributed by atoms with Crippen molar-refractivity contribution in [1.29, 1.82) is 0 Å². The first-order valence-corrected chi connectivity index (χ1v) is 13.6. The maximum atomic E-state index is 13.7. The summed E-state index contributed by atoms with van der Waals surface area (Å²) in [6, 6.07) is 16.3. The Morgan fingerprint density at radius 1 is 0.973 bits per heavy atom. The third-order valence-electron chi connectivity index (χ3n) is 5.68. The first-order valence-electron chi connectivity index (χ1n) is 11.4. The summed E-state index contributed by atoms with van der Waals surface area (Å²) < 4.78 is 41.8. The molecule has 37 heavy (non-hydrogen) atoms. The molecule has 0 aliphatic heterocycles. The number of sulfonamides is 1. The molecule has 0 aromatic heterocycles. The van der Waals surface area contributed by atoms with Crippen LogP contribution in [0.3, 0.4) is 0 Å². The molecule has 0 saturated carbocycles. The molecule has 1 N–H and O–H groups in total. The Morgan fingerprint density at radius 3 is 2.19 bits per heavy atom. The van der Waals surface area contributed by atoms with Gasteiger partial charge in [-0.1, -0.05) is 48.3 Å². The molecule has 1 atom stereocenters. The lowest BCUT2D eigenvalue weighted by atomic mass is 10.1. The average molecular weight is 566 g/mol. The van der Waals surface area contributed by atoms with Gasteiger partial charge in [0.1, 0.15) is 18.4 Å². The average Bonchev–Trinajstić information content (AvgIpc) is 2.88. The smallest absolute Gasteiger partial charge is 0.264 e. The number of halogens is 3. The van der Waals surface area contributed by atoms with Crippen LogP contribution >= 0.6 is 23.2 Å². The molecule has 0 bridgehead atoms. The number of nitrogens with one attached hydrogen (secondary N) is 1. The second-order valence-corrected chi connectivity index (χ2v) is 10.9. The quantitative estimate of drug-likeness (QED) is 0.379. The molecule has 0 aliphatic carbocycles. The number of anilines is 1. The molecule has 3 aromatic rings. The maximum Gasteiger partial charge on any atom is 0.264 e. The van der Waals surface area contributed by atoms with Gasteiger partial charge in [0.15, 0.2) is 0 Å². The zero-order valence-electron chi connectivity index (χ0n) is 20.2. The van der Waals surface area contributed by atoms with Crippen molar-refractivity contribution in [1.82, 2.24) is 10.2 Å². The van der Waals surface area contributed by atoms with Crippen LogP contribution in [0.5, 0.6) is 0 Å². The number of amides is 2. The first kappa shape index (κ1) is 28.4. The van der Waals surface area contributed by atoms with Gasteiger partial charge in [-0.25, -0.2) is 12.8 Å². The predicted molar refractivity (Wildman–Crippen MR) is 143 cm³/mol. The first-order chi connectivity index (χ1) is 17.6. The van der Waals surface area contributed by atoms with E-state index in [0.717, 1.165) is 4.31 Å². The van der Waals surface area contributed by atoms with Gasteiger partial charge in [-0.3, -0.25) is 13.9 Å². The van der Waals surface area contributed by atoms with Crippen LogP contribution in [0, 0.1) is 5.82 Å². The summed E-state index contributed by atoms with van der Waals surface area (Å²) in [6.07, 6.45) is 0.272. The summed E-state index contributed by atoms with van der Waals surface area (Å²) in [5.41, 5.74) is 0.748. The SMILES string of the molecule is CC[C@H](C(=O)NC)N(Cc1ccc(F)cc1)C(=O)CN(c1cccc(Cl)c1)S(=O)(=O)c1ccc(Cl)cc1. The van der Waals surface area contributed by atoms with Crippen LogP contribution in [0.1, 0.15) is 18.9 Å². The van der Waals surface area contributed by atoms with Crippen LogP contribution in [0.4, 0.5) is 10.1 Å². The number of carbonyl (C=O) groups excluding carboxylic acids is 2. The van der Waals surface area contributed by atoms with E-state index in [-0.39, 0.29) is 28.6 Å². The topological polar surface area (TPSA) is 86.8 Å². The molecule has 7 nitrogen and oxygen atoms in total. The van der Waals surface area contributed by atoms with Gasteiger partial charge in [0.25, 0.3) is 10.0 Å². The summed E-state index contributed by atoms with van der Waals surface area (Å²) in [4.78, 5) is 27.6. The second-order valence-electron chi connectivity index (χ2n) is 8.13. The molecule has 0 unspecified atom stereocenters. The number of carbonyl (C=O) groups is 2. The minimum atomic E-state index is -4.23. The Labute approximate surface area is 225 Å². The normalized spacial score (nSPS) is 12.0. The lowest BCUT2D eigenvalue weighted by Gasteiger charge is -2.33. The molecular formula is C26H26Cl2FN3O4S. The highest BCUT2D eigenvalue weighted by Gasteiger charge is 2.33. The number of hydrogen-bond acceptors (Lipinski definition) is 4. The maximum absolute atomic E-state index is 13.7. The van der Waals surface area contributed by atoms with Crippen molar-refractivity contribution < 1.29 is 22.4 Å². The van der Waals surface area contributed by atoms with E-state index in [2.05, 4.69) is 5.32 Å². The molecule has 3 aromatic carbocycles.